The third-order valence-corrected chi connectivity index (χ3v) is 3.05. The van der Waals surface area contributed by atoms with Gasteiger partial charge in [0.2, 0.25) is 0 Å². The van der Waals surface area contributed by atoms with Gasteiger partial charge in [-0.3, -0.25) is 4.79 Å². The highest BCUT2D eigenvalue weighted by molar-refractivity contribution is 5.94. The van der Waals surface area contributed by atoms with Crippen LogP contribution in [0.2, 0.25) is 0 Å². The first-order valence-corrected chi connectivity index (χ1v) is 6.96. The smallest absolute Gasteiger partial charge is 0.258 e. The van der Waals surface area contributed by atoms with Gasteiger partial charge in [0.15, 0.2) is 0 Å². The number of para-hydroxylation sites is 1. The second kappa shape index (κ2) is 7.95. The minimum absolute atomic E-state index is 0.0241. The number of benzene rings is 2. The van der Waals surface area contributed by atoms with Gasteiger partial charge in [0.1, 0.15) is 29.6 Å². The van der Waals surface area contributed by atoms with Crippen LogP contribution in [0.3, 0.4) is 0 Å². The van der Waals surface area contributed by atoms with Crippen LogP contribution >= 0.6 is 0 Å². The lowest BCUT2D eigenvalue weighted by atomic mass is 10.2. The molecular weight excluding hydrogens is 300 g/mol. The molecule has 0 aliphatic heterocycles. The van der Waals surface area contributed by atoms with Crippen molar-refractivity contribution in [3.8, 4) is 17.6 Å². The molecule has 0 spiro atoms. The predicted octanol–water partition coefficient (Wildman–Crippen LogP) is 3.09. The molecule has 1 amide bonds. The van der Waals surface area contributed by atoms with Crippen molar-refractivity contribution < 1.29 is 18.3 Å². The SMILES string of the molecule is Cc1ccccc1OCC#CCNC(=O)c1c(F)cccc1F. The number of ether oxygens (including phenoxy) is 1. The van der Waals surface area contributed by atoms with E-state index in [-0.39, 0.29) is 13.2 Å². The van der Waals surface area contributed by atoms with Crippen molar-refractivity contribution in [2.45, 2.75) is 6.92 Å². The van der Waals surface area contributed by atoms with E-state index in [0.29, 0.717) is 0 Å². The minimum atomic E-state index is -0.904. The summed E-state index contributed by atoms with van der Waals surface area (Å²) in [6.07, 6.45) is 0. The molecule has 118 valence electrons. The molecule has 23 heavy (non-hydrogen) atoms. The van der Waals surface area contributed by atoms with Crippen molar-refractivity contribution in [1.82, 2.24) is 5.32 Å². The van der Waals surface area contributed by atoms with Gasteiger partial charge in [-0.2, -0.15) is 0 Å². The molecule has 2 rings (SSSR count). The van der Waals surface area contributed by atoms with E-state index < -0.39 is 23.1 Å². The Morgan fingerprint density at radius 2 is 1.78 bits per heavy atom. The second-order valence-electron chi connectivity index (χ2n) is 4.69. The predicted molar refractivity (Wildman–Crippen MR) is 83.1 cm³/mol. The van der Waals surface area contributed by atoms with Gasteiger partial charge in [0, 0.05) is 0 Å². The van der Waals surface area contributed by atoms with Crippen molar-refractivity contribution >= 4 is 5.91 Å². The third kappa shape index (κ3) is 4.55. The summed E-state index contributed by atoms with van der Waals surface area (Å²) in [6.45, 7) is 2.06. The number of hydrogen-bond acceptors (Lipinski definition) is 2. The van der Waals surface area contributed by atoms with Gasteiger partial charge in [-0.1, -0.05) is 36.1 Å². The molecule has 0 aliphatic carbocycles. The molecule has 0 saturated heterocycles. The van der Waals surface area contributed by atoms with E-state index in [1.165, 1.54) is 6.07 Å². The van der Waals surface area contributed by atoms with Crippen LogP contribution in [0, 0.1) is 30.4 Å². The zero-order chi connectivity index (χ0) is 16.7. The summed E-state index contributed by atoms with van der Waals surface area (Å²) in [6, 6.07) is 10.8. The maximum Gasteiger partial charge on any atom is 0.258 e. The molecule has 2 aromatic carbocycles. The number of rotatable bonds is 4. The molecule has 5 heteroatoms. The van der Waals surface area contributed by atoms with Gasteiger partial charge < -0.3 is 10.1 Å². The second-order valence-corrected chi connectivity index (χ2v) is 4.69. The highest BCUT2D eigenvalue weighted by Crippen LogP contribution is 2.15. The van der Waals surface area contributed by atoms with E-state index in [4.69, 9.17) is 4.74 Å². The van der Waals surface area contributed by atoms with Gasteiger partial charge in [0.25, 0.3) is 5.91 Å². The van der Waals surface area contributed by atoms with Crippen LogP contribution in [-0.2, 0) is 0 Å². The molecule has 0 atom stereocenters. The largest absolute Gasteiger partial charge is 0.481 e. The van der Waals surface area contributed by atoms with Crippen molar-refractivity contribution in [2.75, 3.05) is 13.2 Å². The van der Waals surface area contributed by atoms with Crippen LogP contribution in [0.15, 0.2) is 42.5 Å². The Kier molecular flexibility index (Phi) is 5.70. The molecule has 0 radical (unpaired) electrons. The molecule has 2 aromatic rings. The number of carbonyl (C=O) groups is 1. The maximum absolute atomic E-state index is 13.4. The van der Waals surface area contributed by atoms with E-state index in [2.05, 4.69) is 17.2 Å². The van der Waals surface area contributed by atoms with Gasteiger partial charge in [-0.05, 0) is 30.7 Å². The summed E-state index contributed by atoms with van der Waals surface area (Å²) in [5.74, 6) is 3.47. The van der Waals surface area contributed by atoms with E-state index >= 15 is 0 Å². The first kappa shape index (κ1) is 16.5. The number of nitrogens with one attached hydrogen (secondary N) is 1. The van der Waals surface area contributed by atoms with Crippen LogP contribution in [0.5, 0.6) is 5.75 Å². The Labute approximate surface area is 133 Å². The lowest BCUT2D eigenvalue weighted by Gasteiger charge is -2.05. The van der Waals surface area contributed by atoms with Crippen LogP contribution in [0.4, 0.5) is 8.78 Å². The number of hydrogen-bond donors (Lipinski definition) is 1. The van der Waals surface area contributed by atoms with Crippen LogP contribution in [0.25, 0.3) is 0 Å². The molecule has 0 fully saturated rings. The molecule has 0 heterocycles. The molecule has 0 saturated carbocycles. The molecule has 0 unspecified atom stereocenters. The van der Waals surface area contributed by atoms with Gasteiger partial charge in [-0.25, -0.2) is 8.78 Å². The first-order valence-electron chi connectivity index (χ1n) is 6.96. The molecule has 0 bridgehead atoms. The summed E-state index contributed by atoms with van der Waals surface area (Å²) in [5, 5.41) is 2.34. The number of carbonyl (C=O) groups excluding carboxylic acids is 1. The van der Waals surface area contributed by atoms with Crippen molar-refractivity contribution in [2.24, 2.45) is 0 Å². The fraction of sp³-hybridized carbons (Fsp3) is 0.167. The zero-order valence-corrected chi connectivity index (χ0v) is 12.5. The van der Waals surface area contributed by atoms with Crippen LogP contribution in [-0.4, -0.2) is 19.1 Å². The van der Waals surface area contributed by atoms with Crippen LogP contribution < -0.4 is 10.1 Å². The number of halogens is 2. The maximum atomic E-state index is 13.4. The van der Waals surface area contributed by atoms with E-state index in [1.807, 2.05) is 31.2 Å². The first-order chi connectivity index (χ1) is 11.1. The fourth-order valence-electron chi connectivity index (χ4n) is 1.87. The summed E-state index contributed by atoms with van der Waals surface area (Å²) in [5.41, 5.74) is 0.392. The quantitative estimate of drug-likeness (QED) is 0.881. The normalized spacial score (nSPS) is 9.70. The number of aryl methyl sites for hydroxylation is 1. The Hall–Kier alpha value is -2.87. The fourth-order valence-corrected chi connectivity index (χ4v) is 1.87. The minimum Gasteiger partial charge on any atom is -0.481 e. The van der Waals surface area contributed by atoms with Gasteiger partial charge in [-0.15, -0.1) is 0 Å². The highest BCUT2D eigenvalue weighted by Gasteiger charge is 2.15. The summed E-state index contributed by atoms with van der Waals surface area (Å²) < 4.78 is 32.3. The summed E-state index contributed by atoms with van der Waals surface area (Å²) >= 11 is 0. The lowest BCUT2D eigenvalue weighted by Crippen LogP contribution is -2.25. The lowest BCUT2D eigenvalue weighted by molar-refractivity contribution is 0.0950. The highest BCUT2D eigenvalue weighted by atomic mass is 19.1. The molecule has 3 nitrogen and oxygen atoms in total. The Bertz CT molecular complexity index is 743. The molecule has 0 aromatic heterocycles. The van der Waals surface area contributed by atoms with Gasteiger partial charge in [0.05, 0.1) is 6.54 Å². The van der Waals surface area contributed by atoms with E-state index in [0.717, 1.165) is 23.4 Å². The summed E-state index contributed by atoms with van der Waals surface area (Å²) in [7, 11) is 0. The topological polar surface area (TPSA) is 38.3 Å². The molecular formula is C18H15F2NO2. The van der Waals surface area contributed by atoms with Crippen molar-refractivity contribution in [3.05, 3.63) is 65.2 Å². The Morgan fingerprint density at radius 1 is 1.09 bits per heavy atom. The zero-order valence-electron chi connectivity index (χ0n) is 12.5. The monoisotopic (exact) mass is 315 g/mol. The van der Waals surface area contributed by atoms with Crippen molar-refractivity contribution in [3.63, 3.8) is 0 Å². The summed E-state index contributed by atoms with van der Waals surface area (Å²) in [4.78, 5) is 11.7. The molecule has 0 aliphatic rings. The van der Waals surface area contributed by atoms with E-state index in [1.54, 1.807) is 0 Å². The Morgan fingerprint density at radius 3 is 2.48 bits per heavy atom. The average Bonchev–Trinajstić information content (AvgIpc) is 2.52. The Balaban J connectivity index is 1.82. The van der Waals surface area contributed by atoms with Crippen LogP contribution in [0.1, 0.15) is 15.9 Å². The van der Waals surface area contributed by atoms with Gasteiger partial charge >= 0.3 is 0 Å². The van der Waals surface area contributed by atoms with Crippen molar-refractivity contribution in [1.29, 1.82) is 0 Å². The third-order valence-electron chi connectivity index (χ3n) is 3.05. The van der Waals surface area contributed by atoms with E-state index in [9.17, 15) is 13.6 Å². The number of amides is 1. The average molecular weight is 315 g/mol. The standard InChI is InChI=1S/C18H15F2NO2/c1-13-7-2-3-10-16(13)23-12-5-4-11-21-18(22)17-14(19)8-6-9-15(17)20/h2-3,6-10H,11-12H2,1H3,(H,21,22). The molecule has 1 N–H and O–H groups in total.